The largest absolute Gasteiger partial charge is 0.515 e. The van der Waals surface area contributed by atoms with Gasteiger partial charge in [-0.3, -0.25) is 0 Å². The Morgan fingerprint density at radius 2 is 1.91 bits per heavy atom. The molecule has 0 aromatic heterocycles. The first-order valence-corrected chi connectivity index (χ1v) is 3.69. The molecule has 1 rings (SSSR count). The molecule has 1 N–H and O–H groups in total. The maximum atomic E-state index is 8.66. The molecule has 1 aromatic rings. The van der Waals surface area contributed by atoms with Crippen molar-refractivity contribution in [3.8, 4) is 0 Å². The van der Waals surface area contributed by atoms with Crippen LogP contribution in [0.15, 0.2) is 30.5 Å². The Morgan fingerprint density at radius 1 is 1.36 bits per heavy atom. The van der Waals surface area contributed by atoms with E-state index in [-0.39, 0.29) is 0 Å². The Labute approximate surface area is 70.9 Å². The normalized spacial score (nSPS) is 11.6. The highest BCUT2D eigenvalue weighted by Gasteiger charge is 1.93. The van der Waals surface area contributed by atoms with Gasteiger partial charge in [-0.2, -0.15) is 0 Å². The van der Waals surface area contributed by atoms with E-state index in [0.717, 1.165) is 17.4 Å². The average Bonchev–Trinajstić information content (AvgIpc) is 2.05. The summed E-state index contributed by atoms with van der Waals surface area (Å²) < 4.78 is 0. The summed E-state index contributed by atoms with van der Waals surface area (Å²) in [6.07, 6.45) is 1.09. The summed E-state index contributed by atoms with van der Waals surface area (Å²) in [4.78, 5) is 0. The van der Waals surface area contributed by atoms with Gasteiger partial charge in [0.25, 0.3) is 0 Å². The van der Waals surface area contributed by atoms with Gasteiger partial charge in [-0.1, -0.05) is 23.7 Å². The van der Waals surface area contributed by atoms with Gasteiger partial charge in [-0.05, 0) is 30.2 Å². The van der Waals surface area contributed by atoms with Crippen LogP contribution in [0.3, 0.4) is 0 Å². The number of halogens is 1. The van der Waals surface area contributed by atoms with Crippen molar-refractivity contribution in [3.05, 3.63) is 41.1 Å². The topological polar surface area (TPSA) is 20.2 Å². The SMILES string of the molecule is C/C(=C\O)c1ccc(Cl)cc1. The number of hydrogen-bond donors (Lipinski definition) is 1. The smallest absolute Gasteiger partial charge is 0.0826 e. The van der Waals surface area contributed by atoms with E-state index >= 15 is 0 Å². The third-order valence-corrected chi connectivity index (χ3v) is 1.75. The second-order valence-corrected chi connectivity index (χ2v) is 2.76. The van der Waals surface area contributed by atoms with E-state index in [0.29, 0.717) is 5.02 Å². The highest BCUT2D eigenvalue weighted by atomic mass is 35.5. The zero-order valence-corrected chi connectivity index (χ0v) is 6.97. The number of allylic oxidation sites excluding steroid dienone is 1. The minimum absolute atomic E-state index is 0.708. The molecule has 0 aliphatic rings. The lowest BCUT2D eigenvalue weighted by atomic mass is 10.1. The van der Waals surface area contributed by atoms with Crippen molar-refractivity contribution < 1.29 is 5.11 Å². The van der Waals surface area contributed by atoms with Crippen molar-refractivity contribution >= 4 is 17.2 Å². The van der Waals surface area contributed by atoms with Gasteiger partial charge in [-0.15, -0.1) is 0 Å². The quantitative estimate of drug-likeness (QED) is 0.639. The second kappa shape index (κ2) is 3.44. The number of benzene rings is 1. The fourth-order valence-corrected chi connectivity index (χ4v) is 0.913. The standard InChI is InChI=1S/C9H9ClO/c1-7(6-11)8-2-4-9(10)5-3-8/h2-6,11H,1H3/b7-6+. The van der Waals surface area contributed by atoms with Crippen LogP contribution in [0.4, 0.5) is 0 Å². The summed E-state index contributed by atoms with van der Waals surface area (Å²) in [5.41, 5.74) is 1.82. The first kappa shape index (κ1) is 8.15. The van der Waals surface area contributed by atoms with Crippen molar-refractivity contribution in [2.75, 3.05) is 0 Å². The fraction of sp³-hybridized carbons (Fsp3) is 0.111. The molecule has 2 heteroatoms. The average molecular weight is 169 g/mol. The summed E-state index contributed by atoms with van der Waals surface area (Å²) in [6.45, 7) is 1.84. The van der Waals surface area contributed by atoms with E-state index in [1.165, 1.54) is 0 Å². The summed E-state index contributed by atoms with van der Waals surface area (Å²) in [5.74, 6) is 0. The Kier molecular flexibility index (Phi) is 2.55. The predicted octanol–water partition coefficient (Wildman–Crippen LogP) is 3.26. The molecule has 0 saturated heterocycles. The van der Waals surface area contributed by atoms with Crippen molar-refractivity contribution in [2.24, 2.45) is 0 Å². The van der Waals surface area contributed by atoms with E-state index in [1.54, 1.807) is 12.1 Å². The van der Waals surface area contributed by atoms with Crippen LogP contribution in [0.2, 0.25) is 5.02 Å². The first-order valence-electron chi connectivity index (χ1n) is 3.31. The first-order chi connectivity index (χ1) is 5.24. The molecule has 1 nitrogen and oxygen atoms in total. The second-order valence-electron chi connectivity index (χ2n) is 2.32. The van der Waals surface area contributed by atoms with Gasteiger partial charge in [0.2, 0.25) is 0 Å². The summed E-state index contributed by atoms with van der Waals surface area (Å²) in [6, 6.07) is 7.32. The van der Waals surface area contributed by atoms with Crippen molar-refractivity contribution in [3.63, 3.8) is 0 Å². The van der Waals surface area contributed by atoms with Crippen LogP contribution in [0.5, 0.6) is 0 Å². The molecule has 0 atom stereocenters. The number of hydrogen-bond acceptors (Lipinski definition) is 1. The number of aliphatic hydroxyl groups excluding tert-OH is 1. The minimum atomic E-state index is 0.708. The lowest BCUT2D eigenvalue weighted by Gasteiger charge is -1.98. The maximum absolute atomic E-state index is 8.66. The molecule has 0 unspecified atom stereocenters. The van der Waals surface area contributed by atoms with Crippen molar-refractivity contribution in [2.45, 2.75) is 6.92 Å². The van der Waals surface area contributed by atoms with Crippen molar-refractivity contribution in [1.82, 2.24) is 0 Å². The molecule has 0 bridgehead atoms. The van der Waals surface area contributed by atoms with Gasteiger partial charge < -0.3 is 5.11 Å². The fourth-order valence-electron chi connectivity index (χ4n) is 0.787. The molecule has 0 amide bonds. The van der Waals surface area contributed by atoms with Crippen LogP contribution in [0.1, 0.15) is 12.5 Å². The molecule has 0 aliphatic heterocycles. The van der Waals surface area contributed by atoms with Crippen LogP contribution in [0.25, 0.3) is 5.57 Å². The predicted molar refractivity (Wildman–Crippen MR) is 47.7 cm³/mol. The Hall–Kier alpha value is -0.950. The lowest BCUT2D eigenvalue weighted by Crippen LogP contribution is -1.77. The minimum Gasteiger partial charge on any atom is -0.515 e. The van der Waals surface area contributed by atoms with E-state index in [9.17, 15) is 0 Å². The van der Waals surface area contributed by atoms with Gasteiger partial charge in [0, 0.05) is 5.02 Å². The van der Waals surface area contributed by atoms with Crippen LogP contribution in [-0.4, -0.2) is 5.11 Å². The highest BCUT2D eigenvalue weighted by molar-refractivity contribution is 6.30. The summed E-state index contributed by atoms with van der Waals surface area (Å²) in [7, 11) is 0. The monoisotopic (exact) mass is 168 g/mol. The van der Waals surface area contributed by atoms with E-state index in [2.05, 4.69) is 0 Å². The van der Waals surface area contributed by atoms with E-state index in [4.69, 9.17) is 16.7 Å². The van der Waals surface area contributed by atoms with Gasteiger partial charge >= 0.3 is 0 Å². The summed E-state index contributed by atoms with van der Waals surface area (Å²) in [5, 5.41) is 9.37. The Balaban J connectivity index is 2.99. The zero-order chi connectivity index (χ0) is 8.27. The third-order valence-electron chi connectivity index (χ3n) is 1.49. The third kappa shape index (κ3) is 1.99. The number of aliphatic hydroxyl groups is 1. The van der Waals surface area contributed by atoms with Crippen molar-refractivity contribution in [1.29, 1.82) is 0 Å². The van der Waals surface area contributed by atoms with Gasteiger partial charge in [0.15, 0.2) is 0 Å². The lowest BCUT2D eigenvalue weighted by molar-refractivity contribution is 0.475. The Morgan fingerprint density at radius 3 is 2.36 bits per heavy atom. The van der Waals surface area contributed by atoms with Crippen LogP contribution in [0, 0.1) is 0 Å². The van der Waals surface area contributed by atoms with Gasteiger partial charge in [0.1, 0.15) is 0 Å². The van der Waals surface area contributed by atoms with Gasteiger partial charge in [-0.25, -0.2) is 0 Å². The molecule has 11 heavy (non-hydrogen) atoms. The van der Waals surface area contributed by atoms with Crippen LogP contribution in [-0.2, 0) is 0 Å². The maximum Gasteiger partial charge on any atom is 0.0826 e. The molecule has 0 spiro atoms. The molecule has 0 saturated carbocycles. The molecular weight excluding hydrogens is 160 g/mol. The Bertz CT molecular complexity index is 261. The summed E-state index contributed by atoms with van der Waals surface area (Å²) >= 11 is 5.68. The van der Waals surface area contributed by atoms with Crippen LogP contribution < -0.4 is 0 Å². The molecule has 1 aromatic carbocycles. The van der Waals surface area contributed by atoms with E-state index < -0.39 is 0 Å². The molecule has 58 valence electrons. The zero-order valence-electron chi connectivity index (χ0n) is 6.21. The van der Waals surface area contributed by atoms with Crippen LogP contribution >= 0.6 is 11.6 Å². The molecule has 0 radical (unpaired) electrons. The molecule has 0 fully saturated rings. The molecule has 0 heterocycles. The highest BCUT2D eigenvalue weighted by Crippen LogP contribution is 2.15. The molecule has 0 aliphatic carbocycles. The number of rotatable bonds is 1. The molecular formula is C9H9ClO. The van der Waals surface area contributed by atoms with E-state index in [1.807, 2.05) is 19.1 Å². The van der Waals surface area contributed by atoms with Gasteiger partial charge in [0.05, 0.1) is 6.26 Å².